The van der Waals surface area contributed by atoms with Crippen LogP contribution < -0.4 is 4.90 Å². The molecule has 3 nitrogen and oxygen atoms in total. The first-order valence-electron chi connectivity index (χ1n) is 19.5. The Morgan fingerprint density at radius 3 is 1.54 bits per heavy atom. The average molecular weight is 727 g/mol. The molecule has 0 amide bonds. The monoisotopic (exact) mass is 726 g/mol. The fraction of sp³-hybridized carbons (Fsp3) is 0. The van der Waals surface area contributed by atoms with E-state index in [2.05, 4.69) is 210 Å². The van der Waals surface area contributed by atoms with E-state index in [0.717, 1.165) is 50.3 Å². The molecule has 2 heterocycles. The highest BCUT2D eigenvalue weighted by Crippen LogP contribution is 2.45. The molecule has 57 heavy (non-hydrogen) atoms. The first-order chi connectivity index (χ1) is 28.3. The van der Waals surface area contributed by atoms with Gasteiger partial charge in [0.1, 0.15) is 5.58 Å². The number of hydrogen-bond acceptors (Lipinski definition) is 2. The van der Waals surface area contributed by atoms with Gasteiger partial charge < -0.3 is 13.9 Å². The Morgan fingerprint density at radius 1 is 0.351 bits per heavy atom. The van der Waals surface area contributed by atoms with Gasteiger partial charge in [0.25, 0.3) is 0 Å². The molecule has 0 radical (unpaired) electrons. The van der Waals surface area contributed by atoms with Crippen LogP contribution in [0, 0.1) is 0 Å². The fourth-order valence-electron chi connectivity index (χ4n) is 9.26. The van der Waals surface area contributed by atoms with Crippen molar-refractivity contribution in [3.05, 3.63) is 206 Å². The Kier molecular flexibility index (Phi) is 6.93. The number of nitrogens with zero attached hydrogens (tertiary/aromatic N) is 2. The Labute approximate surface area is 328 Å². The molecule has 0 saturated heterocycles. The zero-order valence-corrected chi connectivity index (χ0v) is 30.9. The normalized spacial score (nSPS) is 11.9. The van der Waals surface area contributed by atoms with Crippen LogP contribution in [0.4, 0.5) is 17.1 Å². The van der Waals surface area contributed by atoms with Gasteiger partial charge in [-0.25, -0.2) is 0 Å². The predicted octanol–water partition coefficient (Wildman–Crippen LogP) is 15.3. The van der Waals surface area contributed by atoms with Gasteiger partial charge in [-0.2, -0.15) is 0 Å². The molecule has 3 heteroatoms. The summed E-state index contributed by atoms with van der Waals surface area (Å²) in [6.45, 7) is 0. The second-order valence-electron chi connectivity index (χ2n) is 14.8. The Balaban J connectivity index is 1.07. The minimum absolute atomic E-state index is 0.864. The lowest BCUT2D eigenvalue weighted by Crippen LogP contribution is -2.10. The van der Waals surface area contributed by atoms with Crippen molar-refractivity contribution in [1.82, 2.24) is 4.57 Å². The van der Waals surface area contributed by atoms with Gasteiger partial charge in [0, 0.05) is 38.5 Å². The first-order valence-corrected chi connectivity index (χ1v) is 19.5. The van der Waals surface area contributed by atoms with Crippen LogP contribution in [0.3, 0.4) is 0 Å². The average Bonchev–Trinajstić information content (AvgIpc) is 3.83. The predicted molar refractivity (Wildman–Crippen MR) is 241 cm³/mol. The van der Waals surface area contributed by atoms with Crippen LogP contribution in [0.1, 0.15) is 0 Å². The fourth-order valence-corrected chi connectivity index (χ4v) is 9.26. The maximum atomic E-state index is 6.70. The van der Waals surface area contributed by atoms with Crippen molar-refractivity contribution < 1.29 is 4.42 Å². The smallest absolute Gasteiger partial charge is 0.159 e. The number of benzene rings is 10. The van der Waals surface area contributed by atoms with E-state index >= 15 is 0 Å². The second kappa shape index (κ2) is 12.5. The van der Waals surface area contributed by atoms with Crippen LogP contribution in [-0.4, -0.2) is 4.57 Å². The second-order valence-corrected chi connectivity index (χ2v) is 14.8. The lowest BCUT2D eigenvalue weighted by Gasteiger charge is -2.26. The van der Waals surface area contributed by atoms with Crippen molar-refractivity contribution in [2.75, 3.05) is 4.90 Å². The molecule has 0 aliphatic carbocycles. The van der Waals surface area contributed by atoms with Gasteiger partial charge in [-0.15, -0.1) is 0 Å². The van der Waals surface area contributed by atoms with Crippen molar-refractivity contribution in [2.24, 2.45) is 0 Å². The lowest BCUT2D eigenvalue weighted by atomic mass is 9.94. The summed E-state index contributed by atoms with van der Waals surface area (Å²) >= 11 is 0. The quantitative estimate of drug-likeness (QED) is 0.165. The molecule has 0 saturated carbocycles. The third kappa shape index (κ3) is 4.79. The number of hydrogen-bond donors (Lipinski definition) is 0. The number of anilines is 3. The van der Waals surface area contributed by atoms with Crippen LogP contribution in [-0.2, 0) is 0 Å². The molecule has 12 aromatic rings. The number of rotatable bonds is 5. The van der Waals surface area contributed by atoms with E-state index in [1.54, 1.807) is 0 Å². The van der Waals surface area contributed by atoms with Crippen LogP contribution >= 0.6 is 0 Å². The van der Waals surface area contributed by atoms with Crippen molar-refractivity contribution >= 4 is 93.1 Å². The molecule has 10 aromatic carbocycles. The van der Waals surface area contributed by atoms with E-state index in [0.29, 0.717) is 0 Å². The van der Waals surface area contributed by atoms with Crippen molar-refractivity contribution in [1.29, 1.82) is 0 Å². The highest BCUT2D eigenvalue weighted by molar-refractivity contribution is 6.26. The largest absolute Gasteiger partial charge is 0.454 e. The molecule has 0 aliphatic rings. The van der Waals surface area contributed by atoms with E-state index in [9.17, 15) is 0 Å². The summed E-state index contributed by atoms with van der Waals surface area (Å²) in [6, 6.07) is 74.4. The van der Waals surface area contributed by atoms with E-state index in [1.807, 2.05) is 6.07 Å². The van der Waals surface area contributed by atoms with Gasteiger partial charge in [-0.1, -0.05) is 152 Å². The Hall–Kier alpha value is -7.62. The molecular formula is C54H34N2O. The highest BCUT2D eigenvalue weighted by Gasteiger charge is 2.21. The molecule has 12 rings (SSSR count). The maximum Gasteiger partial charge on any atom is 0.159 e. The highest BCUT2D eigenvalue weighted by atomic mass is 16.3. The number of fused-ring (bicyclic) bond motifs is 12. The molecule has 0 bridgehead atoms. The van der Waals surface area contributed by atoms with Gasteiger partial charge in [-0.05, 0) is 92.5 Å². The summed E-state index contributed by atoms with van der Waals surface area (Å²) in [5.74, 6) is 0. The topological polar surface area (TPSA) is 21.3 Å². The van der Waals surface area contributed by atoms with Crippen molar-refractivity contribution in [2.45, 2.75) is 0 Å². The van der Waals surface area contributed by atoms with Crippen LogP contribution in [0.15, 0.2) is 211 Å². The van der Waals surface area contributed by atoms with E-state index in [-0.39, 0.29) is 0 Å². The number of furan rings is 1. The van der Waals surface area contributed by atoms with E-state index in [4.69, 9.17) is 4.42 Å². The zero-order valence-electron chi connectivity index (χ0n) is 30.9. The molecule has 0 aliphatic heterocycles. The van der Waals surface area contributed by atoms with E-state index < -0.39 is 0 Å². The van der Waals surface area contributed by atoms with Gasteiger partial charge in [0.2, 0.25) is 0 Å². The molecule has 0 N–H and O–H groups in total. The van der Waals surface area contributed by atoms with Crippen LogP contribution in [0.5, 0.6) is 0 Å². The first kappa shape index (κ1) is 31.7. The minimum Gasteiger partial charge on any atom is -0.454 e. The maximum absolute atomic E-state index is 6.70. The molecular weight excluding hydrogens is 693 g/mol. The summed E-state index contributed by atoms with van der Waals surface area (Å²) in [5, 5.41) is 12.2. The summed E-state index contributed by atoms with van der Waals surface area (Å²) in [6.07, 6.45) is 0. The third-order valence-electron chi connectivity index (χ3n) is 11.8. The summed E-state index contributed by atoms with van der Waals surface area (Å²) < 4.78 is 9.11. The van der Waals surface area contributed by atoms with Gasteiger partial charge in [0.15, 0.2) is 5.58 Å². The Bertz CT molecular complexity index is 3450. The lowest BCUT2D eigenvalue weighted by molar-refractivity contribution is 0.669. The minimum atomic E-state index is 0.864. The van der Waals surface area contributed by atoms with Gasteiger partial charge in [-0.3, -0.25) is 0 Å². The third-order valence-corrected chi connectivity index (χ3v) is 11.8. The summed E-state index contributed by atoms with van der Waals surface area (Å²) in [7, 11) is 0. The molecule has 0 spiro atoms. The summed E-state index contributed by atoms with van der Waals surface area (Å²) in [4.78, 5) is 2.36. The summed E-state index contributed by atoms with van der Waals surface area (Å²) in [5.41, 5.74) is 10.7. The zero-order chi connectivity index (χ0) is 37.5. The molecule has 266 valence electrons. The Morgan fingerprint density at radius 2 is 0.860 bits per heavy atom. The van der Waals surface area contributed by atoms with Gasteiger partial charge >= 0.3 is 0 Å². The van der Waals surface area contributed by atoms with Gasteiger partial charge in [0.05, 0.1) is 22.4 Å². The van der Waals surface area contributed by atoms with Crippen LogP contribution in [0.2, 0.25) is 0 Å². The van der Waals surface area contributed by atoms with Crippen LogP contribution in [0.25, 0.3) is 92.9 Å². The van der Waals surface area contributed by atoms with E-state index in [1.165, 1.54) is 59.7 Å². The molecule has 0 unspecified atom stereocenters. The number of para-hydroxylation sites is 5. The molecule has 2 aromatic heterocycles. The standard InChI is InChI=1S/C54H34N2O/c1-2-17-41-39(15-1)40-16-3-4-18-42(40)48-34-37(32-33-43(41)48)55(52-26-13-22-47-46-21-8-12-27-53(46)57-54(47)52)36-30-28-35(29-31-36)38-14-5-9-23-49(38)56-50-24-10-6-19-44(50)45-20-7-11-25-51(45)56/h1-34H. The SMILES string of the molecule is c1ccc(-n2c3ccccc3c3ccccc32)c(-c2ccc(N(c3ccc4c5ccccc5c5ccccc5c4c3)c3cccc4c3oc3ccccc34)cc2)c1. The number of aromatic nitrogens is 1. The molecule has 0 fully saturated rings. The van der Waals surface area contributed by atoms with Crippen molar-refractivity contribution in [3.63, 3.8) is 0 Å². The molecule has 0 atom stereocenters. The van der Waals surface area contributed by atoms with Crippen molar-refractivity contribution in [3.8, 4) is 16.8 Å².